The summed E-state index contributed by atoms with van der Waals surface area (Å²) in [6.45, 7) is 8.17. The molecular formula is C15H28O4. The van der Waals surface area contributed by atoms with Crippen LogP contribution in [0.25, 0.3) is 0 Å². The fourth-order valence-corrected chi connectivity index (χ4v) is 2.19. The molecule has 0 aromatic heterocycles. The number of ether oxygens (including phenoxy) is 1. The molecule has 0 bridgehead atoms. The minimum atomic E-state index is -1.36. The van der Waals surface area contributed by atoms with Gasteiger partial charge in [-0.3, -0.25) is 9.59 Å². The SMILES string of the molecule is CCCCOC(=O)[C@](CCCC)(CC(C)C)C(=O)O. The number of carbonyl (C=O) groups is 2. The topological polar surface area (TPSA) is 63.6 Å². The van der Waals surface area contributed by atoms with Gasteiger partial charge in [0.15, 0.2) is 5.41 Å². The first-order valence-electron chi connectivity index (χ1n) is 7.31. The molecule has 1 atom stereocenters. The Morgan fingerprint density at radius 2 is 1.74 bits per heavy atom. The van der Waals surface area contributed by atoms with Crippen LogP contribution in [0.2, 0.25) is 0 Å². The van der Waals surface area contributed by atoms with E-state index in [0.29, 0.717) is 19.4 Å². The number of hydrogen-bond acceptors (Lipinski definition) is 3. The highest BCUT2D eigenvalue weighted by atomic mass is 16.5. The molecule has 0 spiro atoms. The molecule has 0 saturated carbocycles. The summed E-state index contributed by atoms with van der Waals surface area (Å²) in [5, 5.41) is 9.53. The molecule has 0 fully saturated rings. The van der Waals surface area contributed by atoms with E-state index in [-0.39, 0.29) is 5.92 Å². The number of hydrogen-bond donors (Lipinski definition) is 1. The number of unbranched alkanes of at least 4 members (excludes halogenated alkanes) is 2. The summed E-state index contributed by atoms with van der Waals surface area (Å²) in [4.78, 5) is 23.9. The van der Waals surface area contributed by atoms with Gasteiger partial charge in [-0.1, -0.05) is 47.0 Å². The van der Waals surface area contributed by atoms with Crippen molar-refractivity contribution in [1.82, 2.24) is 0 Å². The maximum atomic E-state index is 12.2. The molecule has 0 amide bonds. The van der Waals surface area contributed by atoms with Gasteiger partial charge < -0.3 is 9.84 Å². The second-order valence-corrected chi connectivity index (χ2v) is 5.58. The average molecular weight is 272 g/mol. The average Bonchev–Trinajstić information content (AvgIpc) is 2.33. The lowest BCUT2D eigenvalue weighted by atomic mass is 9.76. The lowest BCUT2D eigenvalue weighted by Gasteiger charge is -2.28. The summed E-state index contributed by atoms with van der Waals surface area (Å²) in [7, 11) is 0. The van der Waals surface area contributed by atoms with Crippen molar-refractivity contribution >= 4 is 11.9 Å². The summed E-state index contributed by atoms with van der Waals surface area (Å²) in [5.41, 5.74) is -1.36. The standard InChI is InChI=1S/C15H28O4/c1-5-7-9-15(13(16)17,11-12(3)4)14(18)19-10-8-6-2/h12H,5-11H2,1-4H3,(H,16,17)/t15-/m1/s1. The summed E-state index contributed by atoms with van der Waals surface area (Å²) in [5.74, 6) is -1.46. The minimum Gasteiger partial charge on any atom is -0.480 e. The number of aliphatic carboxylic acids is 1. The van der Waals surface area contributed by atoms with Crippen molar-refractivity contribution in [1.29, 1.82) is 0 Å². The highest BCUT2D eigenvalue weighted by molar-refractivity contribution is 5.99. The first-order chi connectivity index (χ1) is 8.90. The van der Waals surface area contributed by atoms with E-state index in [2.05, 4.69) is 0 Å². The first-order valence-corrected chi connectivity index (χ1v) is 7.31. The number of rotatable bonds is 10. The van der Waals surface area contributed by atoms with E-state index in [0.717, 1.165) is 25.7 Å². The number of carboxylic acids is 1. The van der Waals surface area contributed by atoms with Gasteiger partial charge in [0, 0.05) is 0 Å². The van der Waals surface area contributed by atoms with Crippen LogP contribution in [0, 0.1) is 11.3 Å². The van der Waals surface area contributed by atoms with Crippen molar-refractivity contribution in [2.45, 2.75) is 66.2 Å². The van der Waals surface area contributed by atoms with Gasteiger partial charge in [0.25, 0.3) is 0 Å². The predicted molar refractivity (Wildman–Crippen MR) is 74.9 cm³/mol. The summed E-state index contributed by atoms with van der Waals surface area (Å²) < 4.78 is 5.19. The highest BCUT2D eigenvalue weighted by Crippen LogP contribution is 2.34. The Bertz CT molecular complexity index is 286. The smallest absolute Gasteiger partial charge is 0.323 e. The van der Waals surface area contributed by atoms with Crippen LogP contribution < -0.4 is 0 Å². The molecule has 0 aliphatic rings. The molecule has 0 aliphatic carbocycles. The van der Waals surface area contributed by atoms with E-state index < -0.39 is 17.4 Å². The van der Waals surface area contributed by atoms with Gasteiger partial charge in [0.1, 0.15) is 0 Å². The Morgan fingerprint density at radius 3 is 2.16 bits per heavy atom. The lowest BCUT2D eigenvalue weighted by molar-refractivity contribution is -0.171. The molecule has 0 rings (SSSR count). The van der Waals surface area contributed by atoms with Gasteiger partial charge in [0.05, 0.1) is 6.61 Å². The second-order valence-electron chi connectivity index (χ2n) is 5.58. The molecule has 0 saturated heterocycles. The van der Waals surface area contributed by atoms with Crippen LogP contribution in [0.1, 0.15) is 66.2 Å². The molecule has 0 heterocycles. The monoisotopic (exact) mass is 272 g/mol. The highest BCUT2D eigenvalue weighted by Gasteiger charge is 2.47. The Balaban J connectivity index is 4.96. The van der Waals surface area contributed by atoms with Crippen LogP contribution in [0.3, 0.4) is 0 Å². The molecule has 0 aromatic rings. The molecule has 0 radical (unpaired) electrons. The molecule has 0 aromatic carbocycles. The number of esters is 1. The van der Waals surface area contributed by atoms with Gasteiger partial charge in [-0.25, -0.2) is 0 Å². The third kappa shape index (κ3) is 5.62. The zero-order chi connectivity index (χ0) is 14.9. The van der Waals surface area contributed by atoms with Crippen molar-refractivity contribution in [2.75, 3.05) is 6.61 Å². The quantitative estimate of drug-likeness (QED) is 0.374. The van der Waals surface area contributed by atoms with Crippen molar-refractivity contribution < 1.29 is 19.4 Å². The van der Waals surface area contributed by atoms with E-state index >= 15 is 0 Å². The Labute approximate surface area is 116 Å². The molecule has 1 N–H and O–H groups in total. The fraction of sp³-hybridized carbons (Fsp3) is 0.867. The molecule has 19 heavy (non-hydrogen) atoms. The predicted octanol–water partition coefficient (Wildman–Crippen LogP) is 3.64. The molecule has 4 heteroatoms. The zero-order valence-electron chi connectivity index (χ0n) is 12.7. The van der Waals surface area contributed by atoms with Crippen LogP contribution in [0.5, 0.6) is 0 Å². The first kappa shape index (κ1) is 17.9. The van der Waals surface area contributed by atoms with Crippen LogP contribution in [0.15, 0.2) is 0 Å². The van der Waals surface area contributed by atoms with Gasteiger partial charge in [-0.15, -0.1) is 0 Å². The van der Waals surface area contributed by atoms with Crippen LogP contribution >= 0.6 is 0 Å². The third-order valence-corrected chi connectivity index (χ3v) is 3.24. The fourth-order valence-electron chi connectivity index (χ4n) is 2.19. The summed E-state index contributed by atoms with van der Waals surface area (Å²) in [6.07, 6.45) is 4.00. The maximum absolute atomic E-state index is 12.2. The van der Waals surface area contributed by atoms with E-state index in [1.165, 1.54) is 0 Å². The van der Waals surface area contributed by atoms with Gasteiger partial charge in [0.2, 0.25) is 0 Å². The van der Waals surface area contributed by atoms with Crippen LogP contribution in [-0.2, 0) is 14.3 Å². The van der Waals surface area contributed by atoms with Crippen LogP contribution in [-0.4, -0.2) is 23.7 Å². The van der Waals surface area contributed by atoms with E-state index in [9.17, 15) is 14.7 Å². The number of carbonyl (C=O) groups excluding carboxylic acids is 1. The van der Waals surface area contributed by atoms with Crippen molar-refractivity contribution in [2.24, 2.45) is 11.3 Å². The second kappa shape index (κ2) is 8.94. The number of carboxylic acid groups (broad SMARTS) is 1. The third-order valence-electron chi connectivity index (χ3n) is 3.24. The minimum absolute atomic E-state index is 0.145. The van der Waals surface area contributed by atoms with Crippen molar-refractivity contribution in [3.8, 4) is 0 Å². The molecule has 0 unspecified atom stereocenters. The van der Waals surface area contributed by atoms with Crippen molar-refractivity contribution in [3.63, 3.8) is 0 Å². The van der Waals surface area contributed by atoms with Gasteiger partial charge in [-0.2, -0.15) is 0 Å². The Morgan fingerprint density at radius 1 is 1.16 bits per heavy atom. The maximum Gasteiger partial charge on any atom is 0.323 e. The summed E-state index contributed by atoms with van der Waals surface area (Å²) in [6, 6.07) is 0. The van der Waals surface area contributed by atoms with Gasteiger partial charge in [-0.05, 0) is 25.2 Å². The largest absolute Gasteiger partial charge is 0.480 e. The molecule has 112 valence electrons. The van der Waals surface area contributed by atoms with Crippen LogP contribution in [0.4, 0.5) is 0 Å². The molecule has 4 nitrogen and oxygen atoms in total. The van der Waals surface area contributed by atoms with E-state index in [1.54, 1.807) is 0 Å². The Hall–Kier alpha value is -1.06. The summed E-state index contributed by atoms with van der Waals surface area (Å²) >= 11 is 0. The van der Waals surface area contributed by atoms with E-state index in [1.807, 2.05) is 27.7 Å². The lowest BCUT2D eigenvalue weighted by Crippen LogP contribution is -2.42. The Kier molecular flexibility index (Phi) is 8.44. The zero-order valence-corrected chi connectivity index (χ0v) is 12.7. The van der Waals surface area contributed by atoms with Gasteiger partial charge >= 0.3 is 11.9 Å². The van der Waals surface area contributed by atoms with E-state index in [4.69, 9.17) is 4.74 Å². The normalized spacial score (nSPS) is 14.2. The molecule has 0 aliphatic heterocycles. The van der Waals surface area contributed by atoms with Crippen molar-refractivity contribution in [3.05, 3.63) is 0 Å². The molecular weight excluding hydrogens is 244 g/mol.